The molecule has 0 spiro atoms. The molecule has 2 aliphatic heterocycles. The van der Waals surface area contributed by atoms with Crippen LogP contribution in [0.5, 0.6) is 0 Å². The molecule has 0 aliphatic carbocycles. The van der Waals surface area contributed by atoms with Crippen molar-refractivity contribution in [1.82, 2.24) is 0 Å². The second-order valence-corrected chi connectivity index (χ2v) is 4.64. The van der Waals surface area contributed by atoms with Crippen LogP contribution in [0.25, 0.3) is 0 Å². The van der Waals surface area contributed by atoms with Crippen LogP contribution in [-0.2, 0) is 23.7 Å². The van der Waals surface area contributed by atoms with Gasteiger partial charge in [0.15, 0.2) is 6.29 Å². The van der Waals surface area contributed by atoms with E-state index in [2.05, 4.69) is 19.7 Å². The van der Waals surface area contributed by atoms with Crippen LogP contribution in [0.2, 0.25) is 0 Å². The van der Waals surface area contributed by atoms with E-state index < -0.39 is 6.29 Å². The Morgan fingerprint density at radius 2 is 1.40 bits per heavy atom. The van der Waals surface area contributed by atoms with Crippen molar-refractivity contribution in [2.24, 2.45) is 0 Å². The third-order valence-corrected chi connectivity index (χ3v) is 3.24. The van der Waals surface area contributed by atoms with E-state index >= 15 is 0 Å². The van der Waals surface area contributed by atoms with Gasteiger partial charge in [-0.2, -0.15) is 0 Å². The Labute approximate surface area is 119 Å². The van der Waals surface area contributed by atoms with Gasteiger partial charge in [-0.25, -0.2) is 0 Å². The highest BCUT2D eigenvalue weighted by molar-refractivity contribution is 4.97. The molecule has 2 saturated heterocycles. The summed E-state index contributed by atoms with van der Waals surface area (Å²) < 4.78 is 28.8. The van der Waals surface area contributed by atoms with Crippen molar-refractivity contribution < 1.29 is 23.7 Å². The molecule has 0 N–H and O–H groups in total. The summed E-state index contributed by atoms with van der Waals surface area (Å²) in [6.07, 6.45) is 3.67. The van der Waals surface area contributed by atoms with E-state index in [1.807, 2.05) is 0 Å². The summed E-state index contributed by atoms with van der Waals surface area (Å²) in [5.74, 6) is 0. The molecule has 0 aromatic heterocycles. The maximum absolute atomic E-state index is 5.84. The Kier molecular flexibility index (Phi) is 5.94. The maximum Gasteiger partial charge on any atom is 0.187 e. The fourth-order valence-electron chi connectivity index (χ4n) is 2.44. The molecule has 0 saturated carbocycles. The lowest BCUT2D eigenvalue weighted by Crippen LogP contribution is -2.57. The molecule has 5 heteroatoms. The lowest BCUT2D eigenvalue weighted by Gasteiger charge is -2.40. The third kappa shape index (κ3) is 3.37. The highest BCUT2D eigenvalue weighted by atomic mass is 16.8. The molecule has 20 heavy (non-hydrogen) atoms. The minimum absolute atomic E-state index is 0.140. The topological polar surface area (TPSA) is 46.2 Å². The maximum atomic E-state index is 5.84. The molecule has 0 amide bonds. The van der Waals surface area contributed by atoms with E-state index in [1.54, 1.807) is 18.2 Å². The zero-order valence-corrected chi connectivity index (χ0v) is 11.6. The fraction of sp³-hybridized carbons (Fsp3) is 0.600. The molecule has 0 aromatic rings. The zero-order chi connectivity index (χ0) is 14.4. The van der Waals surface area contributed by atoms with Crippen LogP contribution in [0.4, 0.5) is 0 Å². The van der Waals surface area contributed by atoms with E-state index in [1.165, 1.54) is 0 Å². The predicted molar refractivity (Wildman–Crippen MR) is 74.4 cm³/mol. The summed E-state index contributed by atoms with van der Waals surface area (Å²) in [5, 5.41) is 0. The first-order valence-corrected chi connectivity index (χ1v) is 6.76. The molecule has 2 heterocycles. The molecule has 2 rings (SSSR count). The minimum atomic E-state index is -0.418. The summed E-state index contributed by atoms with van der Waals surface area (Å²) in [5.41, 5.74) is 0. The Balaban J connectivity index is 2.10. The smallest absolute Gasteiger partial charge is 0.187 e. The van der Waals surface area contributed by atoms with Crippen LogP contribution < -0.4 is 0 Å². The first kappa shape index (κ1) is 15.4. The second-order valence-electron chi connectivity index (χ2n) is 4.64. The van der Waals surface area contributed by atoms with Gasteiger partial charge < -0.3 is 23.7 Å². The first-order chi connectivity index (χ1) is 9.81. The van der Waals surface area contributed by atoms with Crippen molar-refractivity contribution in [3.63, 3.8) is 0 Å². The van der Waals surface area contributed by atoms with Crippen molar-refractivity contribution in [2.75, 3.05) is 26.4 Å². The normalized spacial score (nSPS) is 35.7. The molecule has 0 aromatic carbocycles. The molecule has 5 nitrogen and oxygen atoms in total. The SMILES string of the molecule is C=CCO[C@@H]1[C@H](OCC=C)[C@@H]2OC[C@@H](O2)[C@H]1OCC=C. The number of rotatable bonds is 9. The van der Waals surface area contributed by atoms with Gasteiger partial charge in [-0.05, 0) is 0 Å². The minimum Gasteiger partial charge on any atom is -0.369 e. The van der Waals surface area contributed by atoms with Gasteiger partial charge in [0.1, 0.15) is 24.4 Å². The monoisotopic (exact) mass is 282 g/mol. The highest BCUT2D eigenvalue weighted by Crippen LogP contribution is 2.33. The fourth-order valence-corrected chi connectivity index (χ4v) is 2.44. The second kappa shape index (κ2) is 7.71. The predicted octanol–water partition coefficient (Wildman–Crippen LogP) is 1.46. The highest BCUT2D eigenvalue weighted by Gasteiger charge is 2.52. The van der Waals surface area contributed by atoms with Gasteiger partial charge in [-0.15, -0.1) is 19.7 Å². The van der Waals surface area contributed by atoms with Crippen molar-refractivity contribution in [3.8, 4) is 0 Å². The summed E-state index contributed by atoms with van der Waals surface area (Å²) in [4.78, 5) is 0. The molecule has 0 unspecified atom stereocenters. The molecular formula is C15H22O5. The quantitative estimate of drug-likeness (QED) is 0.599. The lowest BCUT2D eigenvalue weighted by atomic mass is 10.0. The Hall–Kier alpha value is -0.980. The number of ether oxygens (including phenoxy) is 5. The largest absolute Gasteiger partial charge is 0.369 e. The average molecular weight is 282 g/mol. The van der Waals surface area contributed by atoms with E-state index in [-0.39, 0.29) is 24.4 Å². The Morgan fingerprint density at radius 1 is 0.850 bits per heavy atom. The van der Waals surface area contributed by atoms with E-state index in [0.717, 1.165) is 0 Å². The number of hydrogen-bond acceptors (Lipinski definition) is 5. The van der Waals surface area contributed by atoms with E-state index in [9.17, 15) is 0 Å². The zero-order valence-electron chi connectivity index (χ0n) is 11.6. The summed E-state index contributed by atoms with van der Waals surface area (Å²) >= 11 is 0. The van der Waals surface area contributed by atoms with Crippen LogP contribution in [0, 0.1) is 0 Å². The van der Waals surface area contributed by atoms with Crippen molar-refractivity contribution in [2.45, 2.75) is 30.7 Å². The van der Waals surface area contributed by atoms with E-state index in [0.29, 0.717) is 26.4 Å². The van der Waals surface area contributed by atoms with Gasteiger partial charge in [0.25, 0.3) is 0 Å². The molecule has 2 bridgehead atoms. The summed E-state index contributed by atoms with van der Waals surface area (Å²) in [7, 11) is 0. The van der Waals surface area contributed by atoms with Gasteiger partial charge in [-0.3, -0.25) is 0 Å². The van der Waals surface area contributed by atoms with Crippen molar-refractivity contribution in [3.05, 3.63) is 38.0 Å². The van der Waals surface area contributed by atoms with Gasteiger partial charge in [0.2, 0.25) is 0 Å². The van der Waals surface area contributed by atoms with Gasteiger partial charge in [-0.1, -0.05) is 18.2 Å². The van der Waals surface area contributed by atoms with Crippen LogP contribution >= 0.6 is 0 Å². The van der Waals surface area contributed by atoms with Crippen LogP contribution in [-0.4, -0.2) is 57.1 Å². The van der Waals surface area contributed by atoms with Crippen LogP contribution in [0.1, 0.15) is 0 Å². The van der Waals surface area contributed by atoms with Crippen molar-refractivity contribution >= 4 is 0 Å². The number of fused-ring (bicyclic) bond motifs is 2. The van der Waals surface area contributed by atoms with Crippen molar-refractivity contribution in [1.29, 1.82) is 0 Å². The number of hydrogen-bond donors (Lipinski definition) is 0. The first-order valence-electron chi connectivity index (χ1n) is 6.76. The molecule has 112 valence electrons. The summed E-state index contributed by atoms with van der Waals surface area (Å²) in [6.45, 7) is 12.7. The van der Waals surface area contributed by atoms with Crippen LogP contribution in [0.3, 0.4) is 0 Å². The average Bonchev–Trinajstić information content (AvgIpc) is 2.89. The van der Waals surface area contributed by atoms with E-state index in [4.69, 9.17) is 23.7 Å². The molecule has 2 fully saturated rings. The summed E-state index contributed by atoms with van der Waals surface area (Å²) in [6, 6.07) is 0. The third-order valence-electron chi connectivity index (χ3n) is 3.24. The van der Waals surface area contributed by atoms with Gasteiger partial charge >= 0.3 is 0 Å². The lowest BCUT2D eigenvalue weighted by molar-refractivity contribution is -0.256. The van der Waals surface area contributed by atoms with Gasteiger partial charge in [0.05, 0.1) is 26.4 Å². The van der Waals surface area contributed by atoms with Gasteiger partial charge in [0, 0.05) is 0 Å². The standard InChI is InChI=1S/C15H22O5/c1-4-7-16-12-11-10-19-15(20-11)14(18-9-6-3)13(12)17-8-5-2/h4-6,11-15H,1-3,7-10H2/t11-,12-,13+,14+,15-/m1/s1. The molecule has 2 aliphatic rings. The van der Waals surface area contributed by atoms with Crippen LogP contribution in [0.15, 0.2) is 38.0 Å². The molecular weight excluding hydrogens is 260 g/mol. The molecule has 0 radical (unpaired) electrons. The molecule has 5 atom stereocenters. The Bertz CT molecular complexity index is 317. The Morgan fingerprint density at radius 3 is 2.00 bits per heavy atom.